The molecule has 0 aliphatic heterocycles. The highest BCUT2D eigenvalue weighted by atomic mass is 16.5. The van der Waals surface area contributed by atoms with E-state index in [1.807, 2.05) is 48.5 Å². The second kappa shape index (κ2) is 15.0. The van der Waals surface area contributed by atoms with Gasteiger partial charge in [0.2, 0.25) is 0 Å². The maximum absolute atomic E-state index is 12.1. The second-order valence-corrected chi connectivity index (χ2v) is 7.34. The van der Waals surface area contributed by atoms with Gasteiger partial charge < -0.3 is 4.74 Å². The molecular weight excluding hydrogens is 372 g/mol. The summed E-state index contributed by atoms with van der Waals surface area (Å²) in [5.41, 5.74) is 4.16. The summed E-state index contributed by atoms with van der Waals surface area (Å²) in [6, 6.07) is 17.1. The van der Waals surface area contributed by atoms with Crippen molar-refractivity contribution in [3.8, 4) is 5.75 Å². The molecule has 0 atom stereocenters. The Bertz CT molecular complexity index is 767. The monoisotopic (exact) mass is 406 g/mol. The Morgan fingerprint density at radius 1 is 0.900 bits per heavy atom. The summed E-state index contributed by atoms with van der Waals surface area (Å²) in [5.74, 6) is 0.553. The molecule has 2 aromatic rings. The van der Waals surface area contributed by atoms with E-state index in [1.54, 1.807) is 24.4 Å². The molecule has 0 heterocycles. The molecule has 0 fully saturated rings. The minimum Gasteiger partial charge on any atom is -0.494 e. The van der Waals surface area contributed by atoms with E-state index in [1.165, 1.54) is 44.9 Å². The third-order valence-corrected chi connectivity index (χ3v) is 4.80. The second-order valence-electron chi connectivity index (χ2n) is 7.34. The number of rotatable bonds is 14. The van der Waals surface area contributed by atoms with Crippen molar-refractivity contribution in [2.45, 2.75) is 58.3 Å². The number of hydrazone groups is 1. The molecule has 1 N–H and O–H groups in total. The number of carbonyl (C=O) groups excluding carboxylic acids is 1. The van der Waals surface area contributed by atoms with Crippen molar-refractivity contribution >= 4 is 18.2 Å². The van der Waals surface area contributed by atoms with Crippen LogP contribution in [0.4, 0.5) is 0 Å². The van der Waals surface area contributed by atoms with E-state index in [2.05, 4.69) is 17.5 Å². The van der Waals surface area contributed by atoms with Crippen LogP contribution in [0.2, 0.25) is 0 Å². The van der Waals surface area contributed by atoms with Crippen LogP contribution in [0.5, 0.6) is 5.75 Å². The first kappa shape index (κ1) is 23.4. The molecule has 0 unspecified atom stereocenters. The molecule has 0 saturated carbocycles. The molecule has 0 aromatic heterocycles. The van der Waals surface area contributed by atoms with Gasteiger partial charge in [0.05, 0.1) is 6.61 Å². The number of unbranched alkanes of at least 4 members (excludes halogenated alkanes) is 7. The van der Waals surface area contributed by atoms with Crippen LogP contribution in [-0.2, 0) is 0 Å². The molecule has 0 saturated heterocycles. The van der Waals surface area contributed by atoms with Crippen molar-refractivity contribution in [1.29, 1.82) is 0 Å². The van der Waals surface area contributed by atoms with Crippen molar-refractivity contribution in [3.63, 3.8) is 0 Å². The van der Waals surface area contributed by atoms with Crippen LogP contribution in [0.3, 0.4) is 0 Å². The Morgan fingerprint density at radius 3 is 2.27 bits per heavy atom. The minimum absolute atomic E-state index is 0.242. The molecule has 0 bridgehead atoms. The Morgan fingerprint density at radius 2 is 1.57 bits per heavy atom. The summed E-state index contributed by atoms with van der Waals surface area (Å²) in [6.07, 6.45) is 15.5. The standard InChI is InChI=1S/C26H34N2O2/c1-2-3-4-5-6-7-8-12-22-30-25-19-17-24(18-20-25)26(29)28-27-21-13-16-23-14-10-9-11-15-23/h9-11,13-21H,2-8,12,22H2,1H3,(H,28,29)/b16-13+,27-21+. The Balaban J connectivity index is 1.60. The first-order chi connectivity index (χ1) is 14.8. The summed E-state index contributed by atoms with van der Waals surface area (Å²) in [5, 5.41) is 3.94. The van der Waals surface area contributed by atoms with Gasteiger partial charge in [0.15, 0.2) is 0 Å². The van der Waals surface area contributed by atoms with Crippen LogP contribution in [-0.4, -0.2) is 18.7 Å². The fourth-order valence-electron chi connectivity index (χ4n) is 3.05. The molecule has 0 radical (unpaired) electrons. The lowest BCUT2D eigenvalue weighted by atomic mass is 10.1. The van der Waals surface area contributed by atoms with Gasteiger partial charge in [0.25, 0.3) is 5.91 Å². The average Bonchev–Trinajstić information content (AvgIpc) is 2.79. The average molecular weight is 407 g/mol. The lowest BCUT2D eigenvalue weighted by Gasteiger charge is -2.07. The van der Waals surface area contributed by atoms with Crippen molar-refractivity contribution in [2.24, 2.45) is 5.10 Å². The number of allylic oxidation sites excluding steroid dienone is 1. The summed E-state index contributed by atoms with van der Waals surface area (Å²) in [4.78, 5) is 12.1. The zero-order valence-electron chi connectivity index (χ0n) is 18.1. The van der Waals surface area contributed by atoms with Crippen molar-refractivity contribution in [1.82, 2.24) is 5.43 Å². The van der Waals surface area contributed by atoms with Crippen molar-refractivity contribution < 1.29 is 9.53 Å². The molecule has 2 rings (SSSR count). The first-order valence-corrected chi connectivity index (χ1v) is 11.1. The van der Waals surface area contributed by atoms with E-state index in [-0.39, 0.29) is 5.91 Å². The van der Waals surface area contributed by atoms with Gasteiger partial charge in [-0.05, 0) is 42.3 Å². The van der Waals surface area contributed by atoms with E-state index in [0.29, 0.717) is 5.56 Å². The Labute approximate surface area is 181 Å². The molecule has 160 valence electrons. The molecule has 0 spiro atoms. The van der Waals surface area contributed by atoms with Crippen LogP contribution < -0.4 is 10.2 Å². The topological polar surface area (TPSA) is 50.7 Å². The van der Waals surface area contributed by atoms with Crippen LogP contribution in [0, 0.1) is 0 Å². The van der Waals surface area contributed by atoms with Gasteiger partial charge >= 0.3 is 0 Å². The van der Waals surface area contributed by atoms with Crippen LogP contribution >= 0.6 is 0 Å². The smallest absolute Gasteiger partial charge is 0.271 e. The van der Waals surface area contributed by atoms with E-state index >= 15 is 0 Å². The maximum Gasteiger partial charge on any atom is 0.271 e. The Kier molecular flexibility index (Phi) is 11.7. The summed E-state index contributed by atoms with van der Waals surface area (Å²) in [6.45, 7) is 2.97. The number of hydrogen-bond acceptors (Lipinski definition) is 3. The first-order valence-electron chi connectivity index (χ1n) is 11.1. The van der Waals surface area contributed by atoms with Gasteiger partial charge in [-0.25, -0.2) is 5.43 Å². The molecule has 0 aliphatic carbocycles. The number of amides is 1. The van der Waals surface area contributed by atoms with Gasteiger partial charge in [-0.15, -0.1) is 0 Å². The number of nitrogens with one attached hydrogen (secondary N) is 1. The van der Waals surface area contributed by atoms with Crippen LogP contribution in [0.15, 0.2) is 65.8 Å². The van der Waals surface area contributed by atoms with Crippen LogP contribution in [0.25, 0.3) is 6.08 Å². The highest BCUT2D eigenvalue weighted by Crippen LogP contribution is 2.14. The van der Waals surface area contributed by atoms with Gasteiger partial charge in [-0.1, -0.05) is 88.3 Å². The minimum atomic E-state index is -0.242. The van der Waals surface area contributed by atoms with Crippen molar-refractivity contribution in [3.05, 3.63) is 71.8 Å². The fraction of sp³-hybridized carbons (Fsp3) is 0.385. The molecule has 1 amide bonds. The quantitative estimate of drug-likeness (QED) is 0.217. The van der Waals surface area contributed by atoms with Gasteiger partial charge in [0.1, 0.15) is 5.75 Å². The third-order valence-electron chi connectivity index (χ3n) is 4.80. The van der Waals surface area contributed by atoms with Crippen LogP contribution in [0.1, 0.15) is 74.2 Å². The zero-order chi connectivity index (χ0) is 21.3. The fourth-order valence-corrected chi connectivity index (χ4v) is 3.05. The summed E-state index contributed by atoms with van der Waals surface area (Å²) >= 11 is 0. The molecule has 0 aliphatic rings. The normalized spacial score (nSPS) is 11.2. The van der Waals surface area contributed by atoms with Gasteiger partial charge in [0, 0.05) is 11.8 Å². The Hall–Kier alpha value is -2.88. The predicted molar refractivity (Wildman–Crippen MR) is 126 cm³/mol. The molecule has 4 nitrogen and oxygen atoms in total. The van der Waals surface area contributed by atoms with E-state index in [9.17, 15) is 4.79 Å². The van der Waals surface area contributed by atoms with Crippen molar-refractivity contribution in [2.75, 3.05) is 6.61 Å². The number of hydrogen-bond donors (Lipinski definition) is 1. The lowest BCUT2D eigenvalue weighted by Crippen LogP contribution is -2.17. The van der Waals surface area contributed by atoms with E-state index in [4.69, 9.17) is 4.74 Å². The SMILES string of the molecule is CCCCCCCCCCOc1ccc(C(=O)N/N=C/C=C/c2ccccc2)cc1. The highest BCUT2D eigenvalue weighted by molar-refractivity contribution is 5.94. The third kappa shape index (κ3) is 10.1. The lowest BCUT2D eigenvalue weighted by molar-refractivity contribution is 0.0955. The number of nitrogens with zero attached hydrogens (tertiary/aromatic N) is 1. The number of benzene rings is 2. The predicted octanol–water partition coefficient (Wildman–Crippen LogP) is 6.64. The molecular formula is C26H34N2O2. The van der Waals surface area contributed by atoms with Gasteiger partial charge in [-0.2, -0.15) is 5.10 Å². The van der Waals surface area contributed by atoms with Gasteiger partial charge in [-0.3, -0.25) is 4.79 Å². The molecule has 30 heavy (non-hydrogen) atoms. The number of ether oxygens (including phenoxy) is 1. The van der Waals surface area contributed by atoms with E-state index < -0.39 is 0 Å². The maximum atomic E-state index is 12.1. The van der Waals surface area contributed by atoms with E-state index in [0.717, 1.165) is 24.3 Å². The molecule has 4 heteroatoms. The largest absolute Gasteiger partial charge is 0.494 e. The number of carbonyl (C=O) groups is 1. The zero-order valence-corrected chi connectivity index (χ0v) is 18.1. The summed E-state index contributed by atoms with van der Waals surface area (Å²) < 4.78 is 5.77. The summed E-state index contributed by atoms with van der Waals surface area (Å²) in [7, 11) is 0. The highest BCUT2D eigenvalue weighted by Gasteiger charge is 2.04. The molecule has 2 aromatic carbocycles.